The van der Waals surface area contributed by atoms with E-state index >= 15 is 0 Å². The molecule has 30 heavy (non-hydrogen) atoms. The lowest BCUT2D eigenvalue weighted by Gasteiger charge is -2.31. The highest BCUT2D eigenvalue weighted by molar-refractivity contribution is 5.79. The number of morpholine rings is 1. The van der Waals surface area contributed by atoms with E-state index in [0.29, 0.717) is 44.4 Å². The van der Waals surface area contributed by atoms with Crippen LogP contribution in [0.3, 0.4) is 0 Å². The van der Waals surface area contributed by atoms with Crippen molar-refractivity contribution in [1.29, 1.82) is 0 Å². The summed E-state index contributed by atoms with van der Waals surface area (Å²) in [6.45, 7) is 1.88. The summed E-state index contributed by atoms with van der Waals surface area (Å²) in [6.07, 6.45) is 5.10. The number of carbonyl (C=O) groups is 1. The third-order valence-corrected chi connectivity index (χ3v) is 5.16. The van der Waals surface area contributed by atoms with Crippen molar-refractivity contribution >= 4 is 16.8 Å². The van der Waals surface area contributed by atoms with Crippen LogP contribution in [0, 0.1) is 0 Å². The van der Waals surface area contributed by atoms with E-state index in [-0.39, 0.29) is 5.91 Å². The largest absolute Gasteiger partial charge is 0.365 e. The summed E-state index contributed by atoms with van der Waals surface area (Å²) in [5.74, 6) is 0.902. The van der Waals surface area contributed by atoms with E-state index < -0.39 is 6.10 Å². The molecule has 1 atom stereocenters. The highest BCUT2D eigenvalue weighted by Gasteiger charge is 2.29. The Bertz CT molecular complexity index is 1160. The third kappa shape index (κ3) is 3.67. The van der Waals surface area contributed by atoms with Gasteiger partial charge >= 0.3 is 0 Å². The molecule has 4 aromatic rings. The van der Waals surface area contributed by atoms with Crippen molar-refractivity contribution in [3.63, 3.8) is 0 Å². The van der Waals surface area contributed by atoms with Gasteiger partial charge in [-0.3, -0.25) is 14.5 Å². The lowest BCUT2D eigenvalue weighted by Crippen LogP contribution is -2.42. The van der Waals surface area contributed by atoms with Gasteiger partial charge in [0.05, 0.1) is 31.4 Å². The highest BCUT2D eigenvalue weighted by atomic mass is 16.5. The van der Waals surface area contributed by atoms with Crippen LogP contribution in [0.25, 0.3) is 22.3 Å². The number of aromatic nitrogens is 5. The maximum Gasteiger partial charge on any atom is 0.257 e. The second-order valence-corrected chi connectivity index (χ2v) is 7.07. The minimum absolute atomic E-state index is 0.0525. The van der Waals surface area contributed by atoms with Gasteiger partial charge in [-0.2, -0.15) is 10.1 Å². The van der Waals surface area contributed by atoms with E-state index in [9.17, 15) is 4.79 Å². The van der Waals surface area contributed by atoms with Crippen LogP contribution in [0.1, 0.15) is 18.4 Å². The zero-order chi connectivity index (χ0) is 20.3. The number of benzene rings is 1. The molecule has 1 aromatic carbocycles. The van der Waals surface area contributed by atoms with Crippen molar-refractivity contribution in [2.24, 2.45) is 0 Å². The summed E-state index contributed by atoms with van der Waals surface area (Å²) in [5.41, 5.74) is 1.84. The summed E-state index contributed by atoms with van der Waals surface area (Å²) in [5, 5.41) is 9.48. The van der Waals surface area contributed by atoms with Crippen LogP contribution < -0.4 is 0 Å². The molecule has 1 aliphatic heterocycles. The van der Waals surface area contributed by atoms with E-state index in [4.69, 9.17) is 9.26 Å². The van der Waals surface area contributed by atoms with Gasteiger partial charge in [-0.15, -0.1) is 0 Å². The molecule has 4 heterocycles. The molecule has 1 saturated heterocycles. The molecule has 9 heteroatoms. The number of hydrogen-bond acceptors (Lipinski definition) is 7. The van der Waals surface area contributed by atoms with Crippen molar-refractivity contribution in [1.82, 2.24) is 29.8 Å². The maximum atomic E-state index is 12.8. The molecule has 0 N–H and O–H groups in total. The fourth-order valence-electron chi connectivity index (χ4n) is 3.57. The topological polar surface area (TPSA) is 99.2 Å². The van der Waals surface area contributed by atoms with Crippen molar-refractivity contribution in [2.45, 2.75) is 19.1 Å². The van der Waals surface area contributed by atoms with Crippen LogP contribution >= 0.6 is 0 Å². The van der Waals surface area contributed by atoms with Crippen LogP contribution in [-0.2, 0) is 16.1 Å². The molecule has 0 saturated carbocycles. The molecule has 0 bridgehead atoms. The molecule has 3 aromatic heterocycles. The minimum Gasteiger partial charge on any atom is -0.365 e. The standard InChI is InChI=1S/C21H20N6O3/c28-19(7-10-27-17-4-2-1-3-16(17)13-23-27)26-11-12-29-18(14-26)21-24-20(25-30-21)15-5-8-22-9-6-15/h1-6,8-9,13,18H,7,10-12,14H2/t18-/m0/s1. The van der Waals surface area contributed by atoms with Crippen molar-refractivity contribution < 1.29 is 14.1 Å². The normalized spacial score (nSPS) is 16.8. The SMILES string of the molecule is O=C(CCn1ncc2ccccc21)N1CCO[C@H](c2nc(-c3ccncc3)no2)C1. The molecule has 1 fully saturated rings. The summed E-state index contributed by atoms with van der Waals surface area (Å²) in [4.78, 5) is 23.0. The summed E-state index contributed by atoms with van der Waals surface area (Å²) in [7, 11) is 0. The summed E-state index contributed by atoms with van der Waals surface area (Å²) < 4.78 is 13.0. The Morgan fingerprint density at radius 1 is 1.17 bits per heavy atom. The Balaban J connectivity index is 1.23. The fourth-order valence-corrected chi connectivity index (χ4v) is 3.57. The lowest BCUT2D eigenvalue weighted by atomic mass is 10.2. The smallest absolute Gasteiger partial charge is 0.257 e. The van der Waals surface area contributed by atoms with Gasteiger partial charge < -0.3 is 14.2 Å². The number of hydrogen-bond donors (Lipinski definition) is 0. The molecule has 5 rings (SSSR count). The number of aryl methyl sites for hydroxylation is 1. The van der Waals surface area contributed by atoms with Gasteiger partial charge in [-0.05, 0) is 18.2 Å². The molecule has 152 valence electrons. The van der Waals surface area contributed by atoms with Crippen LogP contribution in [-0.4, -0.2) is 55.4 Å². The Labute approximate surface area is 172 Å². The number of ether oxygens (including phenoxy) is 1. The van der Waals surface area contributed by atoms with Crippen LogP contribution in [0.4, 0.5) is 0 Å². The minimum atomic E-state index is -0.434. The van der Waals surface area contributed by atoms with Crippen LogP contribution in [0.5, 0.6) is 0 Å². The van der Waals surface area contributed by atoms with Crippen molar-refractivity contribution in [3.8, 4) is 11.4 Å². The zero-order valence-electron chi connectivity index (χ0n) is 16.2. The zero-order valence-corrected chi connectivity index (χ0v) is 16.2. The van der Waals surface area contributed by atoms with Gasteiger partial charge in [0.25, 0.3) is 5.89 Å². The third-order valence-electron chi connectivity index (χ3n) is 5.16. The average Bonchev–Trinajstić information content (AvgIpc) is 3.46. The quantitative estimate of drug-likeness (QED) is 0.504. The Morgan fingerprint density at radius 2 is 2.03 bits per heavy atom. The molecule has 0 unspecified atom stereocenters. The monoisotopic (exact) mass is 404 g/mol. The van der Waals surface area contributed by atoms with E-state index in [2.05, 4.69) is 20.2 Å². The first-order valence-electron chi connectivity index (χ1n) is 9.82. The lowest BCUT2D eigenvalue weighted by molar-refractivity contribution is -0.140. The average molecular weight is 404 g/mol. The summed E-state index contributed by atoms with van der Waals surface area (Å²) in [6, 6.07) is 11.6. The first kappa shape index (κ1) is 18.4. The molecular formula is C21H20N6O3. The van der Waals surface area contributed by atoms with Gasteiger partial charge in [0.2, 0.25) is 11.7 Å². The Hall–Kier alpha value is -3.59. The number of amides is 1. The number of carbonyl (C=O) groups excluding carboxylic acids is 1. The van der Waals surface area contributed by atoms with Gasteiger partial charge in [0.15, 0.2) is 6.10 Å². The molecule has 0 spiro atoms. The fraction of sp³-hybridized carbons (Fsp3) is 0.286. The van der Waals surface area contributed by atoms with Crippen LogP contribution in [0.2, 0.25) is 0 Å². The van der Waals surface area contributed by atoms with Gasteiger partial charge in [-0.1, -0.05) is 23.4 Å². The molecule has 9 nitrogen and oxygen atoms in total. The number of nitrogens with zero attached hydrogens (tertiary/aromatic N) is 6. The molecule has 1 amide bonds. The van der Waals surface area contributed by atoms with Gasteiger partial charge in [0, 0.05) is 36.3 Å². The van der Waals surface area contributed by atoms with Crippen LogP contribution in [0.15, 0.2) is 59.5 Å². The summed E-state index contributed by atoms with van der Waals surface area (Å²) >= 11 is 0. The number of rotatable bonds is 5. The molecule has 1 aliphatic rings. The number of para-hydroxylation sites is 1. The number of pyridine rings is 1. The second kappa shape index (κ2) is 8.03. The van der Waals surface area contributed by atoms with E-state index in [1.807, 2.05) is 47.3 Å². The highest BCUT2D eigenvalue weighted by Crippen LogP contribution is 2.24. The Morgan fingerprint density at radius 3 is 2.93 bits per heavy atom. The predicted molar refractivity (Wildman–Crippen MR) is 107 cm³/mol. The first-order chi connectivity index (χ1) is 14.8. The van der Waals surface area contributed by atoms with E-state index in [1.165, 1.54) is 0 Å². The first-order valence-corrected chi connectivity index (χ1v) is 9.82. The predicted octanol–water partition coefficient (Wildman–Crippen LogP) is 2.47. The molecule has 0 aliphatic carbocycles. The van der Waals surface area contributed by atoms with E-state index in [1.54, 1.807) is 17.3 Å². The maximum absolute atomic E-state index is 12.8. The van der Waals surface area contributed by atoms with Gasteiger partial charge in [0.1, 0.15) is 0 Å². The van der Waals surface area contributed by atoms with Gasteiger partial charge in [-0.25, -0.2) is 0 Å². The molecule has 0 radical (unpaired) electrons. The number of fused-ring (bicyclic) bond motifs is 1. The Kier molecular flexibility index (Phi) is 4.94. The van der Waals surface area contributed by atoms with Crippen molar-refractivity contribution in [2.75, 3.05) is 19.7 Å². The second-order valence-electron chi connectivity index (χ2n) is 7.07. The van der Waals surface area contributed by atoms with Crippen molar-refractivity contribution in [3.05, 3.63) is 60.9 Å². The van der Waals surface area contributed by atoms with E-state index in [0.717, 1.165) is 16.5 Å². The molecular weight excluding hydrogens is 384 g/mol.